The lowest BCUT2D eigenvalue weighted by molar-refractivity contribution is -0.384. The Labute approximate surface area is 112 Å². The van der Waals surface area contributed by atoms with Gasteiger partial charge in [0.05, 0.1) is 11.5 Å². The molecule has 1 saturated heterocycles. The van der Waals surface area contributed by atoms with Crippen molar-refractivity contribution in [3.05, 3.63) is 15.8 Å². The minimum atomic E-state index is -0.351. The molecule has 1 unspecified atom stereocenters. The molecule has 106 valence electrons. The molecule has 7 nitrogen and oxygen atoms in total. The second kappa shape index (κ2) is 5.56. The van der Waals surface area contributed by atoms with Gasteiger partial charge >= 0.3 is 5.69 Å². The number of rotatable bonds is 5. The van der Waals surface area contributed by atoms with Crippen LogP contribution in [0.1, 0.15) is 31.9 Å². The summed E-state index contributed by atoms with van der Waals surface area (Å²) in [5.41, 5.74) is 0.620. The van der Waals surface area contributed by atoms with E-state index in [1.165, 1.54) is 0 Å². The first-order valence-electron chi connectivity index (χ1n) is 6.53. The number of hydrogen-bond acceptors (Lipinski definition) is 5. The number of hydrogen-bond donors (Lipinski definition) is 1. The van der Waals surface area contributed by atoms with Crippen molar-refractivity contribution < 1.29 is 9.66 Å². The molecular formula is C12H20N4O3. The van der Waals surface area contributed by atoms with Crippen LogP contribution in [0.3, 0.4) is 0 Å². The third kappa shape index (κ3) is 2.86. The van der Waals surface area contributed by atoms with Crippen molar-refractivity contribution in [3.8, 4) is 0 Å². The average molecular weight is 268 g/mol. The number of anilines is 1. The smallest absolute Gasteiger partial charge is 0.334 e. The fourth-order valence-corrected chi connectivity index (χ4v) is 2.29. The van der Waals surface area contributed by atoms with Crippen LogP contribution in [0, 0.1) is 16.0 Å². The summed E-state index contributed by atoms with van der Waals surface area (Å²) in [5, 5.41) is 18.7. The second-order valence-electron chi connectivity index (χ2n) is 5.23. The Balaban J connectivity index is 2.20. The molecule has 0 spiro atoms. The van der Waals surface area contributed by atoms with E-state index < -0.39 is 0 Å². The molecule has 2 rings (SSSR count). The Kier molecular flexibility index (Phi) is 4.04. The lowest BCUT2D eigenvalue weighted by atomic mass is 10.1. The van der Waals surface area contributed by atoms with Crippen molar-refractivity contribution in [1.82, 2.24) is 9.78 Å². The molecule has 1 aliphatic heterocycles. The molecule has 1 aromatic rings. The van der Waals surface area contributed by atoms with Crippen LogP contribution in [0.25, 0.3) is 0 Å². The summed E-state index contributed by atoms with van der Waals surface area (Å²) in [6.45, 7) is 5.98. The van der Waals surface area contributed by atoms with Crippen LogP contribution >= 0.6 is 0 Å². The van der Waals surface area contributed by atoms with Crippen molar-refractivity contribution in [2.75, 3.05) is 25.1 Å². The molecule has 1 aromatic heterocycles. The van der Waals surface area contributed by atoms with E-state index in [-0.39, 0.29) is 16.5 Å². The summed E-state index contributed by atoms with van der Waals surface area (Å²) >= 11 is 0. The van der Waals surface area contributed by atoms with Crippen molar-refractivity contribution in [3.63, 3.8) is 0 Å². The molecule has 0 saturated carbocycles. The van der Waals surface area contributed by atoms with Gasteiger partial charge in [0.1, 0.15) is 5.69 Å². The van der Waals surface area contributed by atoms with Gasteiger partial charge in [0.2, 0.25) is 5.82 Å². The zero-order valence-electron chi connectivity index (χ0n) is 11.5. The Morgan fingerprint density at radius 3 is 2.89 bits per heavy atom. The molecule has 0 radical (unpaired) electrons. The number of nitrogens with zero attached hydrogens (tertiary/aromatic N) is 3. The van der Waals surface area contributed by atoms with Crippen LogP contribution in [0.15, 0.2) is 0 Å². The molecule has 0 aliphatic carbocycles. The lowest BCUT2D eigenvalue weighted by Crippen LogP contribution is -2.16. The van der Waals surface area contributed by atoms with Crippen LogP contribution < -0.4 is 5.32 Å². The van der Waals surface area contributed by atoms with Gasteiger partial charge in [-0.1, -0.05) is 13.8 Å². The summed E-state index contributed by atoms with van der Waals surface area (Å²) in [5.74, 6) is 0.926. The molecule has 2 heterocycles. The van der Waals surface area contributed by atoms with Crippen LogP contribution in [0.2, 0.25) is 0 Å². The van der Waals surface area contributed by atoms with Crippen molar-refractivity contribution in [1.29, 1.82) is 0 Å². The summed E-state index contributed by atoms with van der Waals surface area (Å²) < 4.78 is 6.86. The van der Waals surface area contributed by atoms with Gasteiger partial charge in [0, 0.05) is 32.0 Å². The largest absolute Gasteiger partial charge is 0.381 e. The zero-order valence-corrected chi connectivity index (χ0v) is 11.5. The first-order chi connectivity index (χ1) is 9.00. The maximum absolute atomic E-state index is 11.2. The van der Waals surface area contributed by atoms with Gasteiger partial charge in [-0.05, 0) is 6.42 Å². The molecule has 0 bridgehead atoms. The van der Waals surface area contributed by atoms with E-state index >= 15 is 0 Å². The summed E-state index contributed by atoms with van der Waals surface area (Å²) in [6, 6.07) is 0. The minimum absolute atomic E-state index is 0.0250. The number of nitro groups is 1. The fourth-order valence-electron chi connectivity index (χ4n) is 2.29. The normalized spacial score (nSPS) is 19.1. The molecular weight excluding hydrogens is 248 g/mol. The van der Waals surface area contributed by atoms with Gasteiger partial charge in [-0.25, -0.2) is 4.68 Å². The van der Waals surface area contributed by atoms with Gasteiger partial charge in [-0.3, -0.25) is 10.1 Å². The van der Waals surface area contributed by atoms with Crippen LogP contribution in [0.5, 0.6) is 0 Å². The number of aryl methyl sites for hydroxylation is 1. The van der Waals surface area contributed by atoms with E-state index in [1.807, 2.05) is 13.8 Å². The first kappa shape index (κ1) is 13.8. The van der Waals surface area contributed by atoms with Crippen LogP contribution in [-0.4, -0.2) is 34.5 Å². The molecule has 0 amide bonds. The molecule has 1 fully saturated rings. The highest BCUT2D eigenvalue weighted by molar-refractivity contribution is 5.60. The quantitative estimate of drug-likeness (QED) is 0.651. The summed E-state index contributed by atoms with van der Waals surface area (Å²) in [4.78, 5) is 10.9. The topological polar surface area (TPSA) is 82.2 Å². The lowest BCUT2D eigenvalue weighted by Gasteiger charge is -2.10. The van der Waals surface area contributed by atoms with Gasteiger partial charge in [-0.2, -0.15) is 5.10 Å². The average Bonchev–Trinajstić information content (AvgIpc) is 2.93. The fraction of sp³-hybridized carbons (Fsp3) is 0.750. The highest BCUT2D eigenvalue weighted by Crippen LogP contribution is 2.33. The van der Waals surface area contributed by atoms with Gasteiger partial charge < -0.3 is 10.1 Å². The predicted octanol–water partition coefficient (Wildman–Crippen LogP) is 1.90. The Bertz CT molecular complexity index is 464. The number of aromatic nitrogens is 2. The Morgan fingerprint density at radius 2 is 2.37 bits per heavy atom. The van der Waals surface area contributed by atoms with Gasteiger partial charge in [-0.15, -0.1) is 0 Å². The maximum atomic E-state index is 11.2. The molecule has 1 atom stereocenters. The predicted molar refractivity (Wildman–Crippen MR) is 71.4 cm³/mol. The Morgan fingerprint density at radius 1 is 1.63 bits per heavy atom. The SMILES string of the molecule is CC(C)c1nn(C)c(NCC2CCOC2)c1[N+](=O)[O-]. The number of nitrogens with one attached hydrogen (secondary N) is 1. The van der Waals surface area contributed by atoms with Crippen LogP contribution in [0.4, 0.5) is 11.5 Å². The first-order valence-corrected chi connectivity index (χ1v) is 6.53. The standard InChI is InChI=1S/C12H20N4O3/c1-8(2)10-11(16(17)18)12(15(3)14-10)13-6-9-4-5-19-7-9/h8-9,13H,4-7H2,1-3H3. The van der Waals surface area contributed by atoms with E-state index in [4.69, 9.17) is 4.74 Å². The summed E-state index contributed by atoms with van der Waals surface area (Å²) in [7, 11) is 1.73. The van der Waals surface area contributed by atoms with Crippen molar-refractivity contribution in [2.24, 2.45) is 13.0 Å². The summed E-state index contributed by atoms with van der Waals surface area (Å²) in [6.07, 6.45) is 0.996. The molecule has 0 aromatic carbocycles. The minimum Gasteiger partial charge on any atom is -0.381 e. The van der Waals surface area contributed by atoms with E-state index in [0.717, 1.165) is 19.6 Å². The van der Waals surface area contributed by atoms with Crippen molar-refractivity contribution in [2.45, 2.75) is 26.2 Å². The van der Waals surface area contributed by atoms with Crippen LogP contribution in [-0.2, 0) is 11.8 Å². The van der Waals surface area contributed by atoms with E-state index in [0.29, 0.717) is 24.0 Å². The van der Waals surface area contributed by atoms with E-state index in [1.54, 1.807) is 11.7 Å². The molecule has 1 aliphatic rings. The van der Waals surface area contributed by atoms with E-state index in [9.17, 15) is 10.1 Å². The molecule has 1 N–H and O–H groups in total. The molecule has 19 heavy (non-hydrogen) atoms. The monoisotopic (exact) mass is 268 g/mol. The third-order valence-electron chi connectivity index (χ3n) is 3.36. The molecule has 7 heteroatoms. The maximum Gasteiger partial charge on any atom is 0.334 e. The third-order valence-corrected chi connectivity index (χ3v) is 3.36. The van der Waals surface area contributed by atoms with Gasteiger partial charge in [0.15, 0.2) is 0 Å². The van der Waals surface area contributed by atoms with Gasteiger partial charge in [0.25, 0.3) is 0 Å². The second-order valence-corrected chi connectivity index (χ2v) is 5.23. The Hall–Kier alpha value is -1.63. The highest BCUT2D eigenvalue weighted by atomic mass is 16.6. The van der Waals surface area contributed by atoms with E-state index in [2.05, 4.69) is 10.4 Å². The van der Waals surface area contributed by atoms with Crippen molar-refractivity contribution >= 4 is 11.5 Å². The highest BCUT2D eigenvalue weighted by Gasteiger charge is 2.29. The zero-order chi connectivity index (χ0) is 14.0. The number of ether oxygens (including phenoxy) is 1.